The number of unbranched alkanes of at least 4 members (excludes halogenated alkanes) is 5. The molecule has 4 heteroatoms. The minimum absolute atomic E-state index is 0.196. The van der Waals surface area contributed by atoms with E-state index in [9.17, 15) is 4.79 Å². The minimum atomic E-state index is 0.196. The summed E-state index contributed by atoms with van der Waals surface area (Å²) in [4.78, 5) is 19.0. The molecule has 1 aliphatic heterocycles. The Labute approximate surface area is 153 Å². The van der Waals surface area contributed by atoms with Crippen LogP contribution in [0.5, 0.6) is 0 Å². The van der Waals surface area contributed by atoms with Crippen LogP contribution in [0.15, 0.2) is 24.5 Å². The summed E-state index contributed by atoms with van der Waals surface area (Å²) >= 11 is 0. The number of amides is 1. The number of carbonyl (C=O) groups is 1. The molecule has 0 spiro atoms. The third-order valence-corrected chi connectivity index (χ3v) is 5.15. The zero-order valence-corrected chi connectivity index (χ0v) is 15.9. The first kappa shape index (κ1) is 19.9. The first-order chi connectivity index (χ1) is 12.3. The molecule has 4 nitrogen and oxygen atoms in total. The quantitative estimate of drug-likeness (QED) is 0.602. The van der Waals surface area contributed by atoms with Gasteiger partial charge in [-0.15, -0.1) is 0 Å². The molecule has 1 saturated heterocycles. The lowest BCUT2D eigenvalue weighted by molar-refractivity contribution is -0.121. The zero-order valence-electron chi connectivity index (χ0n) is 15.9. The number of rotatable bonds is 11. The lowest BCUT2D eigenvalue weighted by atomic mass is 10.0. The van der Waals surface area contributed by atoms with Gasteiger partial charge in [0.1, 0.15) is 0 Å². The molecule has 2 rings (SSSR count). The number of piperidine rings is 1. The fourth-order valence-electron chi connectivity index (χ4n) is 3.63. The lowest BCUT2D eigenvalue weighted by Crippen LogP contribution is -2.40. The average Bonchev–Trinajstić information content (AvgIpc) is 2.66. The fraction of sp³-hybridized carbons (Fsp3) is 0.714. The van der Waals surface area contributed by atoms with E-state index in [4.69, 9.17) is 0 Å². The van der Waals surface area contributed by atoms with E-state index >= 15 is 0 Å². The van der Waals surface area contributed by atoms with E-state index in [1.807, 2.05) is 18.5 Å². The van der Waals surface area contributed by atoms with E-state index in [0.29, 0.717) is 13.0 Å². The van der Waals surface area contributed by atoms with Gasteiger partial charge < -0.3 is 5.32 Å². The number of hydrogen-bond acceptors (Lipinski definition) is 3. The van der Waals surface area contributed by atoms with Gasteiger partial charge in [-0.3, -0.25) is 14.7 Å². The number of nitrogens with zero attached hydrogens (tertiary/aromatic N) is 2. The van der Waals surface area contributed by atoms with Crippen LogP contribution in [0.4, 0.5) is 0 Å². The molecule has 0 bridgehead atoms. The molecule has 1 fully saturated rings. The van der Waals surface area contributed by atoms with E-state index in [1.54, 1.807) is 0 Å². The molecule has 0 aromatic carbocycles. The maximum absolute atomic E-state index is 12.2. The molecule has 140 valence electrons. The van der Waals surface area contributed by atoms with Crippen LogP contribution in [0.3, 0.4) is 0 Å². The summed E-state index contributed by atoms with van der Waals surface area (Å²) in [6.45, 7) is 5.16. The van der Waals surface area contributed by atoms with Crippen molar-refractivity contribution in [2.24, 2.45) is 0 Å². The van der Waals surface area contributed by atoms with E-state index in [1.165, 1.54) is 56.9 Å². The summed E-state index contributed by atoms with van der Waals surface area (Å²) in [5.41, 5.74) is 1.21. The molecular formula is C21H35N3O. The summed E-state index contributed by atoms with van der Waals surface area (Å²) in [7, 11) is 0. The van der Waals surface area contributed by atoms with Crippen molar-refractivity contribution in [3.8, 4) is 0 Å². The lowest BCUT2D eigenvalue weighted by Gasteiger charge is -2.34. The van der Waals surface area contributed by atoms with Crippen molar-refractivity contribution in [1.29, 1.82) is 0 Å². The molecule has 1 aromatic rings. The Balaban J connectivity index is 1.76. The van der Waals surface area contributed by atoms with Crippen molar-refractivity contribution in [2.45, 2.75) is 77.2 Å². The molecule has 1 N–H and O–H groups in total. The molecular weight excluding hydrogens is 310 g/mol. The van der Waals surface area contributed by atoms with Gasteiger partial charge in [-0.25, -0.2) is 0 Å². The summed E-state index contributed by atoms with van der Waals surface area (Å²) in [6, 6.07) is 4.37. The third kappa shape index (κ3) is 7.55. The Kier molecular flexibility index (Phi) is 9.57. The predicted molar refractivity (Wildman–Crippen MR) is 103 cm³/mol. The van der Waals surface area contributed by atoms with Crippen LogP contribution >= 0.6 is 0 Å². The molecule has 1 amide bonds. The highest BCUT2D eigenvalue weighted by atomic mass is 16.1. The molecule has 1 aromatic heterocycles. The Morgan fingerprint density at radius 2 is 1.92 bits per heavy atom. The second-order valence-electron chi connectivity index (χ2n) is 7.22. The van der Waals surface area contributed by atoms with Gasteiger partial charge in [-0.1, -0.05) is 51.5 Å². The monoisotopic (exact) mass is 345 g/mol. The van der Waals surface area contributed by atoms with E-state index in [-0.39, 0.29) is 11.9 Å². The largest absolute Gasteiger partial charge is 0.354 e. The normalized spacial score (nSPS) is 16.5. The van der Waals surface area contributed by atoms with Crippen LogP contribution in [0.1, 0.15) is 82.7 Å². The van der Waals surface area contributed by atoms with Crippen LogP contribution in [0, 0.1) is 0 Å². The second kappa shape index (κ2) is 12.0. The molecule has 1 aliphatic rings. The van der Waals surface area contributed by atoms with Gasteiger partial charge in [0.15, 0.2) is 0 Å². The van der Waals surface area contributed by atoms with Crippen molar-refractivity contribution in [3.63, 3.8) is 0 Å². The van der Waals surface area contributed by atoms with Crippen LogP contribution in [-0.2, 0) is 4.79 Å². The highest BCUT2D eigenvalue weighted by Crippen LogP contribution is 2.23. The summed E-state index contributed by atoms with van der Waals surface area (Å²) < 4.78 is 0. The van der Waals surface area contributed by atoms with Gasteiger partial charge in [0.25, 0.3) is 0 Å². The Morgan fingerprint density at radius 3 is 2.64 bits per heavy atom. The molecule has 0 radical (unpaired) electrons. The first-order valence-corrected chi connectivity index (χ1v) is 10.2. The first-order valence-electron chi connectivity index (χ1n) is 10.2. The number of hydrogen-bond donors (Lipinski definition) is 1. The third-order valence-electron chi connectivity index (χ3n) is 5.15. The molecule has 0 aliphatic carbocycles. The van der Waals surface area contributed by atoms with Gasteiger partial charge in [0.2, 0.25) is 5.91 Å². The van der Waals surface area contributed by atoms with Gasteiger partial charge in [-0.05, 0) is 44.0 Å². The maximum atomic E-state index is 12.2. The van der Waals surface area contributed by atoms with Crippen LogP contribution in [0.2, 0.25) is 0 Å². The summed E-state index contributed by atoms with van der Waals surface area (Å²) in [5.74, 6) is 0.196. The van der Waals surface area contributed by atoms with Crippen molar-refractivity contribution < 1.29 is 4.79 Å². The second-order valence-corrected chi connectivity index (χ2v) is 7.22. The van der Waals surface area contributed by atoms with E-state index < -0.39 is 0 Å². The topological polar surface area (TPSA) is 45.2 Å². The highest BCUT2D eigenvalue weighted by molar-refractivity contribution is 5.75. The van der Waals surface area contributed by atoms with Crippen LogP contribution in [0.25, 0.3) is 0 Å². The molecule has 0 saturated carbocycles. The Bertz CT molecular complexity index is 471. The predicted octanol–water partition coefficient (Wildman–Crippen LogP) is 4.48. The zero-order chi connectivity index (χ0) is 17.7. The van der Waals surface area contributed by atoms with E-state index in [0.717, 1.165) is 19.5 Å². The van der Waals surface area contributed by atoms with Crippen molar-refractivity contribution in [1.82, 2.24) is 15.2 Å². The molecule has 1 unspecified atom stereocenters. The van der Waals surface area contributed by atoms with Gasteiger partial charge in [0.05, 0.1) is 6.04 Å². The number of likely N-dealkylation sites (tertiary alicyclic amines) is 1. The highest BCUT2D eigenvalue weighted by Gasteiger charge is 2.22. The van der Waals surface area contributed by atoms with Crippen LogP contribution in [-0.4, -0.2) is 35.4 Å². The average molecular weight is 346 g/mol. The van der Waals surface area contributed by atoms with Crippen molar-refractivity contribution >= 4 is 5.91 Å². The van der Waals surface area contributed by atoms with Crippen molar-refractivity contribution in [3.05, 3.63) is 30.1 Å². The standard InChI is InChI=1S/C21H35N3O/c1-2-3-4-5-6-8-13-21(25)23-18-20(19-12-11-14-22-17-19)24-15-9-7-10-16-24/h11-12,14,17,20H,2-10,13,15-16,18H2,1H3,(H,23,25). The molecule has 2 heterocycles. The minimum Gasteiger partial charge on any atom is -0.354 e. The number of aromatic nitrogens is 1. The van der Waals surface area contributed by atoms with Gasteiger partial charge >= 0.3 is 0 Å². The van der Waals surface area contributed by atoms with E-state index in [2.05, 4.69) is 28.2 Å². The SMILES string of the molecule is CCCCCCCCC(=O)NCC(c1cccnc1)N1CCCCC1. The van der Waals surface area contributed by atoms with Crippen molar-refractivity contribution in [2.75, 3.05) is 19.6 Å². The molecule has 25 heavy (non-hydrogen) atoms. The number of carbonyl (C=O) groups excluding carboxylic acids is 1. The van der Waals surface area contributed by atoms with Gasteiger partial charge in [-0.2, -0.15) is 0 Å². The summed E-state index contributed by atoms with van der Waals surface area (Å²) in [6.07, 6.45) is 15.6. The number of nitrogens with one attached hydrogen (secondary N) is 1. The van der Waals surface area contributed by atoms with Gasteiger partial charge in [0, 0.05) is 25.4 Å². The number of pyridine rings is 1. The summed E-state index contributed by atoms with van der Waals surface area (Å²) in [5, 5.41) is 3.17. The smallest absolute Gasteiger partial charge is 0.220 e. The molecule has 1 atom stereocenters. The Morgan fingerprint density at radius 1 is 1.16 bits per heavy atom. The fourth-order valence-corrected chi connectivity index (χ4v) is 3.63. The Hall–Kier alpha value is -1.42. The maximum Gasteiger partial charge on any atom is 0.220 e. The van der Waals surface area contributed by atoms with Crippen LogP contribution < -0.4 is 5.32 Å².